The summed E-state index contributed by atoms with van der Waals surface area (Å²) in [6.45, 7) is 0.527. The van der Waals surface area contributed by atoms with Gasteiger partial charge in [-0.25, -0.2) is 0 Å². The number of carbonyl (C=O) groups excluding carboxylic acids is 2. The molecule has 0 saturated carbocycles. The number of furan rings is 1. The summed E-state index contributed by atoms with van der Waals surface area (Å²) in [6, 6.07) is 22.2. The van der Waals surface area contributed by atoms with Crippen LogP contribution in [0.3, 0.4) is 0 Å². The summed E-state index contributed by atoms with van der Waals surface area (Å²) in [6.07, 6.45) is 3.79. The normalized spacial score (nSPS) is 11.1. The highest BCUT2D eigenvalue weighted by Gasteiger charge is 2.18. The quantitative estimate of drug-likeness (QED) is 0.641. The van der Waals surface area contributed by atoms with Gasteiger partial charge in [-0.1, -0.05) is 48.5 Å². The SMILES string of the molecule is CN(CCc1ccccc1)C(=O)/C(=C\c1ccco1)NC(=O)c1ccccc1. The molecule has 0 saturated heterocycles. The lowest BCUT2D eigenvalue weighted by molar-refractivity contribution is -0.126. The summed E-state index contributed by atoms with van der Waals surface area (Å²) in [5.74, 6) is -0.131. The van der Waals surface area contributed by atoms with Crippen LogP contribution in [0.4, 0.5) is 0 Å². The lowest BCUT2D eigenvalue weighted by atomic mass is 10.1. The number of hydrogen-bond acceptors (Lipinski definition) is 3. The van der Waals surface area contributed by atoms with Crippen LogP contribution in [0, 0.1) is 0 Å². The number of amides is 2. The van der Waals surface area contributed by atoms with Gasteiger partial charge in [0.2, 0.25) is 0 Å². The molecule has 0 bridgehead atoms. The van der Waals surface area contributed by atoms with Crippen molar-refractivity contribution >= 4 is 17.9 Å². The number of rotatable bonds is 7. The fourth-order valence-corrected chi connectivity index (χ4v) is 2.70. The Labute approximate surface area is 164 Å². The van der Waals surface area contributed by atoms with Gasteiger partial charge in [0, 0.05) is 25.2 Å². The van der Waals surface area contributed by atoms with E-state index in [4.69, 9.17) is 4.42 Å². The van der Waals surface area contributed by atoms with E-state index in [-0.39, 0.29) is 17.5 Å². The third kappa shape index (κ3) is 5.20. The van der Waals surface area contributed by atoms with Gasteiger partial charge in [-0.2, -0.15) is 0 Å². The van der Waals surface area contributed by atoms with Gasteiger partial charge in [0.15, 0.2) is 0 Å². The highest BCUT2D eigenvalue weighted by atomic mass is 16.3. The van der Waals surface area contributed by atoms with Crippen molar-refractivity contribution in [2.45, 2.75) is 6.42 Å². The minimum absolute atomic E-state index is 0.166. The molecule has 1 aromatic heterocycles. The Hall–Kier alpha value is -3.60. The first-order chi connectivity index (χ1) is 13.6. The molecular formula is C23H22N2O3. The van der Waals surface area contributed by atoms with Gasteiger partial charge in [-0.05, 0) is 36.2 Å². The molecule has 0 fully saturated rings. The number of hydrogen-bond donors (Lipinski definition) is 1. The Kier molecular flexibility index (Phi) is 6.41. The van der Waals surface area contributed by atoms with E-state index < -0.39 is 0 Å². The smallest absolute Gasteiger partial charge is 0.270 e. The molecule has 2 aromatic carbocycles. The molecule has 0 atom stereocenters. The number of carbonyl (C=O) groups is 2. The highest BCUT2D eigenvalue weighted by Crippen LogP contribution is 2.10. The average molecular weight is 374 g/mol. The second-order valence-corrected chi connectivity index (χ2v) is 6.36. The first kappa shape index (κ1) is 19.2. The Morgan fingerprint density at radius 3 is 2.29 bits per heavy atom. The molecule has 5 nitrogen and oxygen atoms in total. The number of benzene rings is 2. The van der Waals surface area contributed by atoms with Crippen molar-refractivity contribution in [2.24, 2.45) is 0 Å². The molecule has 28 heavy (non-hydrogen) atoms. The van der Waals surface area contributed by atoms with E-state index in [0.717, 1.165) is 12.0 Å². The second kappa shape index (κ2) is 9.37. The van der Waals surface area contributed by atoms with E-state index >= 15 is 0 Å². The van der Waals surface area contributed by atoms with Gasteiger partial charge in [0.25, 0.3) is 11.8 Å². The van der Waals surface area contributed by atoms with Crippen LogP contribution in [0.25, 0.3) is 6.08 Å². The first-order valence-electron chi connectivity index (χ1n) is 9.04. The van der Waals surface area contributed by atoms with Gasteiger partial charge in [-0.3, -0.25) is 9.59 Å². The summed E-state index contributed by atoms with van der Waals surface area (Å²) in [5.41, 5.74) is 1.79. The predicted octanol–water partition coefficient (Wildman–Crippen LogP) is 3.75. The Balaban J connectivity index is 1.74. The van der Waals surface area contributed by atoms with Crippen LogP contribution in [0.15, 0.2) is 89.2 Å². The second-order valence-electron chi connectivity index (χ2n) is 6.36. The molecule has 142 valence electrons. The predicted molar refractivity (Wildman–Crippen MR) is 108 cm³/mol. The molecule has 0 aliphatic carbocycles. The molecule has 0 unspecified atom stereocenters. The van der Waals surface area contributed by atoms with Crippen molar-refractivity contribution in [1.82, 2.24) is 10.2 Å². The highest BCUT2D eigenvalue weighted by molar-refractivity contribution is 6.05. The Bertz CT molecular complexity index is 933. The van der Waals surface area contributed by atoms with Gasteiger partial charge in [0.1, 0.15) is 11.5 Å². The first-order valence-corrected chi connectivity index (χ1v) is 9.04. The van der Waals surface area contributed by atoms with E-state index in [9.17, 15) is 9.59 Å². The van der Waals surface area contributed by atoms with Crippen molar-refractivity contribution in [3.63, 3.8) is 0 Å². The van der Waals surface area contributed by atoms with Crippen LogP contribution in [0.2, 0.25) is 0 Å². The van der Waals surface area contributed by atoms with Crippen LogP contribution in [0.5, 0.6) is 0 Å². The van der Waals surface area contributed by atoms with E-state index in [1.165, 1.54) is 6.26 Å². The van der Waals surface area contributed by atoms with Gasteiger partial charge < -0.3 is 14.6 Å². The minimum Gasteiger partial charge on any atom is -0.465 e. The number of nitrogens with one attached hydrogen (secondary N) is 1. The lowest BCUT2D eigenvalue weighted by Crippen LogP contribution is -2.37. The summed E-state index contributed by atoms with van der Waals surface area (Å²) < 4.78 is 5.31. The zero-order valence-corrected chi connectivity index (χ0v) is 15.7. The molecule has 0 radical (unpaired) electrons. The molecular weight excluding hydrogens is 352 g/mol. The van der Waals surface area contributed by atoms with Crippen molar-refractivity contribution in [3.8, 4) is 0 Å². The molecule has 0 aliphatic rings. The van der Waals surface area contributed by atoms with Crippen LogP contribution >= 0.6 is 0 Å². The van der Waals surface area contributed by atoms with Gasteiger partial charge in [0.05, 0.1) is 6.26 Å². The third-order valence-electron chi connectivity index (χ3n) is 4.27. The fourth-order valence-electron chi connectivity index (χ4n) is 2.70. The zero-order chi connectivity index (χ0) is 19.8. The molecule has 3 aromatic rings. The van der Waals surface area contributed by atoms with E-state index in [2.05, 4.69) is 5.32 Å². The van der Waals surface area contributed by atoms with Crippen LogP contribution < -0.4 is 5.32 Å². The maximum atomic E-state index is 13.0. The van der Waals surface area contributed by atoms with Crippen molar-refractivity contribution in [1.29, 1.82) is 0 Å². The summed E-state index contributed by atoms with van der Waals surface area (Å²) in [7, 11) is 1.72. The monoisotopic (exact) mass is 374 g/mol. The molecule has 1 N–H and O–H groups in total. The summed E-state index contributed by atoms with van der Waals surface area (Å²) >= 11 is 0. The Morgan fingerprint density at radius 1 is 0.964 bits per heavy atom. The van der Waals surface area contributed by atoms with E-state index in [0.29, 0.717) is 17.9 Å². The largest absolute Gasteiger partial charge is 0.465 e. The number of nitrogens with zero attached hydrogens (tertiary/aromatic N) is 1. The fraction of sp³-hybridized carbons (Fsp3) is 0.130. The van der Waals surface area contributed by atoms with Crippen LogP contribution in [0.1, 0.15) is 21.7 Å². The summed E-state index contributed by atoms with van der Waals surface area (Å²) in [4.78, 5) is 27.1. The molecule has 0 spiro atoms. The molecule has 3 rings (SSSR count). The van der Waals surface area contributed by atoms with Crippen molar-refractivity contribution in [2.75, 3.05) is 13.6 Å². The zero-order valence-electron chi connectivity index (χ0n) is 15.7. The summed E-state index contributed by atoms with van der Waals surface area (Å²) in [5, 5.41) is 2.72. The minimum atomic E-state index is -0.344. The molecule has 5 heteroatoms. The van der Waals surface area contributed by atoms with Gasteiger partial charge >= 0.3 is 0 Å². The molecule has 2 amide bonds. The molecule has 1 heterocycles. The molecule has 0 aliphatic heterocycles. The Morgan fingerprint density at radius 2 is 1.64 bits per heavy atom. The van der Waals surface area contributed by atoms with Crippen molar-refractivity contribution < 1.29 is 14.0 Å². The maximum Gasteiger partial charge on any atom is 0.270 e. The number of likely N-dealkylation sites (N-methyl/N-ethyl adjacent to an activating group) is 1. The lowest BCUT2D eigenvalue weighted by Gasteiger charge is -2.19. The average Bonchev–Trinajstić information content (AvgIpc) is 3.25. The standard InChI is InChI=1S/C23H22N2O3/c1-25(15-14-18-9-4-2-5-10-18)23(27)21(17-20-13-8-16-28-20)24-22(26)19-11-6-3-7-12-19/h2-13,16-17H,14-15H2,1H3,(H,24,26)/b21-17+. The van der Waals surface area contributed by atoms with Crippen molar-refractivity contribution in [3.05, 3.63) is 102 Å². The third-order valence-corrected chi connectivity index (χ3v) is 4.27. The van der Waals surface area contributed by atoms with Crippen LogP contribution in [-0.4, -0.2) is 30.3 Å². The van der Waals surface area contributed by atoms with E-state index in [1.807, 2.05) is 36.4 Å². The van der Waals surface area contributed by atoms with Crippen LogP contribution in [-0.2, 0) is 11.2 Å². The van der Waals surface area contributed by atoms with Gasteiger partial charge in [-0.15, -0.1) is 0 Å². The topological polar surface area (TPSA) is 62.6 Å². The van der Waals surface area contributed by atoms with E-state index in [1.54, 1.807) is 54.4 Å². The maximum absolute atomic E-state index is 13.0.